The number of aromatic nitrogens is 1. The number of hydrogen-bond donors (Lipinski definition) is 2. The molecule has 0 atom stereocenters. The summed E-state index contributed by atoms with van der Waals surface area (Å²) in [7, 11) is 0. The highest BCUT2D eigenvalue weighted by Crippen LogP contribution is 2.20. The Morgan fingerprint density at radius 1 is 1.07 bits per heavy atom. The van der Waals surface area contributed by atoms with Crippen LogP contribution in [-0.4, -0.2) is 10.9 Å². The normalized spacial score (nSPS) is 11.3. The zero-order chi connectivity index (χ0) is 19.2. The highest BCUT2D eigenvalue weighted by molar-refractivity contribution is 5.92. The number of nitrogens with two attached hydrogens (primary N) is 1. The van der Waals surface area contributed by atoms with Crippen molar-refractivity contribution < 1.29 is 9.13 Å². The van der Waals surface area contributed by atoms with Gasteiger partial charge in [0, 0.05) is 18.0 Å². The molecule has 3 N–H and O–H groups in total. The van der Waals surface area contributed by atoms with Crippen LogP contribution >= 0.6 is 0 Å². The van der Waals surface area contributed by atoms with E-state index in [9.17, 15) is 4.39 Å². The average molecular weight is 364 g/mol. The maximum Gasteiger partial charge on any atom is 0.219 e. The summed E-state index contributed by atoms with van der Waals surface area (Å²) < 4.78 is 18.6. The van der Waals surface area contributed by atoms with Gasteiger partial charge in [0.05, 0.1) is 6.54 Å². The molecule has 0 saturated carbocycles. The number of anilines is 1. The number of hydrogen-bond acceptors (Lipinski definition) is 3. The minimum absolute atomic E-state index is 0.315. The number of rotatable bonds is 5. The van der Waals surface area contributed by atoms with Gasteiger partial charge in [0.15, 0.2) is 5.96 Å². The first-order valence-electron chi connectivity index (χ1n) is 8.52. The van der Waals surface area contributed by atoms with E-state index in [4.69, 9.17) is 10.5 Å². The van der Waals surface area contributed by atoms with Crippen LogP contribution in [0.1, 0.15) is 16.7 Å². The van der Waals surface area contributed by atoms with Crippen molar-refractivity contribution in [1.82, 2.24) is 4.98 Å². The molecule has 0 saturated heterocycles. The standard InChI is InChI=1S/C21H21FN4O/c1-14-3-6-18(11-15(14)2)26-21(23)25-13-16-9-10-24-20(12-16)27-19-7-4-17(22)5-8-19/h3-12H,13H2,1-2H3,(H3,23,25,26). The topological polar surface area (TPSA) is 72.5 Å². The fraction of sp³-hybridized carbons (Fsp3) is 0.143. The Hall–Kier alpha value is -3.41. The quantitative estimate of drug-likeness (QED) is 0.514. The Kier molecular flexibility index (Phi) is 5.66. The Morgan fingerprint density at radius 2 is 1.85 bits per heavy atom. The first-order chi connectivity index (χ1) is 13.0. The smallest absolute Gasteiger partial charge is 0.219 e. The predicted molar refractivity (Wildman–Crippen MR) is 106 cm³/mol. The maximum absolute atomic E-state index is 13.0. The van der Waals surface area contributed by atoms with E-state index in [1.807, 2.05) is 31.2 Å². The van der Waals surface area contributed by atoms with Gasteiger partial charge >= 0.3 is 0 Å². The van der Waals surface area contributed by atoms with Crippen molar-refractivity contribution in [1.29, 1.82) is 0 Å². The van der Waals surface area contributed by atoms with Crippen molar-refractivity contribution in [3.63, 3.8) is 0 Å². The van der Waals surface area contributed by atoms with Crippen molar-refractivity contribution in [3.8, 4) is 11.6 Å². The maximum atomic E-state index is 13.0. The highest BCUT2D eigenvalue weighted by atomic mass is 19.1. The van der Waals surface area contributed by atoms with Gasteiger partial charge in [0.2, 0.25) is 5.88 Å². The summed E-state index contributed by atoms with van der Waals surface area (Å²) in [5, 5.41) is 3.09. The summed E-state index contributed by atoms with van der Waals surface area (Å²) in [5.74, 6) is 0.941. The van der Waals surface area contributed by atoms with Crippen LogP contribution in [0.15, 0.2) is 65.8 Å². The number of aryl methyl sites for hydroxylation is 2. The molecule has 0 spiro atoms. The first kappa shape index (κ1) is 18.4. The van der Waals surface area contributed by atoms with Gasteiger partial charge in [0.25, 0.3) is 0 Å². The molecule has 0 aliphatic rings. The number of aliphatic imine (C=N–C) groups is 1. The molecular weight excluding hydrogens is 343 g/mol. The molecular formula is C21H21FN4O. The SMILES string of the molecule is Cc1ccc(NC(N)=NCc2ccnc(Oc3ccc(F)cc3)c2)cc1C. The molecule has 0 amide bonds. The summed E-state index contributed by atoms with van der Waals surface area (Å²) in [4.78, 5) is 8.51. The molecule has 0 unspecified atom stereocenters. The molecule has 138 valence electrons. The van der Waals surface area contributed by atoms with E-state index >= 15 is 0 Å². The Bertz CT molecular complexity index is 955. The van der Waals surface area contributed by atoms with Crippen molar-refractivity contribution in [2.45, 2.75) is 20.4 Å². The number of guanidine groups is 1. The molecule has 1 heterocycles. The highest BCUT2D eigenvalue weighted by Gasteiger charge is 2.02. The summed E-state index contributed by atoms with van der Waals surface area (Å²) >= 11 is 0. The monoisotopic (exact) mass is 364 g/mol. The summed E-state index contributed by atoms with van der Waals surface area (Å²) in [5.41, 5.74) is 10.2. The molecule has 5 nitrogen and oxygen atoms in total. The van der Waals surface area contributed by atoms with Gasteiger partial charge in [-0.2, -0.15) is 0 Å². The molecule has 3 rings (SSSR count). The van der Waals surface area contributed by atoms with Crippen LogP contribution in [0.4, 0.5) is 10.1 Å². The predicted octanol–water partition coefficient (Wildman–Crippen LogP) is 4.56. The van der Waals surface area contributed by atoms with E-state index in [-0.39, 0.29) is 5.82 Å². The van der Waals surface area contributed by atoms with E-state index in [0.717, 1.165) is 11.3 Å². The summed E-state index contributed by atoms with van der Waals surface area (Å²) in [6.45, 7) is 4.49. The molecule has 3 aromatic rings. The summed E-state index contributed by atoms with van der Waals surface area (Å²) in [6.07, 6.45) is 1.64. The van der Waals surface area contributed by atoms with Crippen LogP contribution in [0, 0.1) is 19.7 Å². The molecule has 6 heteroatoms. The molecule has 0 fully saturated rings. The van der Waals surface area contributed by atoms with Crippen LogP contribution in [0.3, 0.4) is 0 Å². The molecule has 1 aromatic heterocycles. The van der Waals surface area contributed by atoms with Crippen LogP contribution in [0.25, 0.3) is 0 Å². The number of ether oxygens (including phenoxy) is 1. The zero-order valence-corrected chi connectivity index (χ0v) is 15.2. The Morgan fingerprint density at radius 3 is 2.59 bits per heavy atom. The fourth-order valence-electron chi connectivity index (χ4n) is 2.41. The van der Waals surface area contributed by atoms with E-state index in [1.54, 1.807) is 24.4 Å². The van der Waals surface area contributed by atoms with E-state index in [0.29, 0.717) is 24.1 Å². The second-order valence-electron chi connectivity index (χ2n) is 6.18. The minimum atomic E-state index is -0.315. The second kappa shape index (κ2) is 8.31. The Labute approximate surface area is 157 Å². The number of halogens is 1. The lowest BCUT2D eigenvalue weighted by Gasteiger charge is -2.08. The van der Waals surface area contributed by atoms with Crippen LogP contribution in [-0.2, 0) is 6.54 Å². The van der Waals surface area contributed by atoms with E-state index in [1.165, 1.54) is 23.3 Å². The van der Waals surface area contributed by atoms with Gasteiger partial charge in [-0.05, 0) is 73.0 Å². The third-order valence-electron chi connectivity index (χ3n) is 4.05. The summed E-state index contributed by atoms with van der Waals surface area (Å²) in [6, 6.07) is 15.4. The van der Waals surface area contributed by atoms with Crippen molar-refractivity contribution in [3.05, 3.63) is 83.3 Å². The minimum Gasteiger partial charge on any atom is -0.439 e. The lowest BCUT2D eigenvalue weighted by molar-refractivity contribution is 0.460. The largest absolute Gasteiger partial charge is 0.439 e. The van der Waals surface area contributed by atoms with Crippen LogP contribution in [0.5, 0.6) is 11.6 Å². The van der Waals surface area contributed by atoms with Gasteiger partial charge in [-0.3, -0.25) is 0 Å². The number of nitrogens with zero attached hydrogens (tertiary/aromatic N) is 2. The van der Waals surface area contributed by atoms with E-state index < -0.39 is 0 Å². The lowest BCUT2D eigenvalue weighted by atomic mass is 10.1. The van der Waals surface area contributed by atoms with Crippen LogP contribution < -0.4 is 15.8 Å². The molecule has 0 bridgehead atoms. The van der Waals surface area contributed by atoms with Gasteiger partial charge < -0.3 is 15.8 Å². The van der Waals surface area contributed by atoms with Crippen molar-refractivity contribution >= 4 is 11.6 Å². The van der Waals surface area contributed by atoms with Gasteiger partial charge in [0.1, 0.15) is 11.6 Å². The van der Waals surface area contributed by atoms with Gasteiger partial charge in [-0.1, -0.05) is 6.07 Å². The molecule has 2 aromatic carbocycles. The average Bonchev–Trinajstić information content (AvgIpc) is 2.65. The molecule has 0 aliphatic heterocycles. The molecule has 0 aliphatic carbocycles. The van der Waals surface area contributed by atoms with E-state index in [2.05, 4.69) is 22.2 Å². The third-order valence-corrected chi connectivity index (χ3v) is 4.05. The van der Waals surface area contributed by atoms with Crippen molar-refractivity contribution in [2.75, 3.05) is 5.32 Å². The van der Waals surface area contributed by atoms with Gasteiger partial charge in [-0.25, -0.2) is 14.4 Å². The first-order valence-corrected chi connectivity index (χ1v) is 8.52. The number of pyridine rings is 1. The van der Waals surface area contributed by atoms with Crippen molar-refractivity contribution in [2.24, 2.45) is 10.7 Å². The number of benzene rings is 2. The molecule has 0 radical (unpaired) electrons. The second-order valence-corrected chi connectivity index (χ2v) is 6.18. The number of nitrogens with one attached hydrogen (secondary N) is 1. The zero-order valence-electron chi connectivity index (χ0n) is 15.2. The fourth-order valence-corrected chi connectivity index (χ4v) is 2.41. The Balaban J connectivity index is 1.63. The van der Waals surface area contributed by atoms with Gasteiger partial charge in [-0.15, -0.1) is 0 Å². The lowest BCUT2D eigenvalue weighted by Crippen LogP contribution is -2.22. The third kappa shape index (κ3) is 5.28. The molecule has 27 heavy (non-hydrogen) atoms. The van der Waals surface area contributed by atoms with Crippen LogP contribution in [0.2, 0.25) is 0 Å².